The number of aromatic nitrogens is 2. The van der Waals surface area contributed by atoms with Gasteiger partial charge in [0.25, 0.3) is 0 Å². The van der Waals surface area contributed by atoms with Crippen molar-refractivity contribution in [2.45, 2.75) is 38.4 Å². The molecule has 2 N–H and O–H groups in total. The van der Waals surface area contributed by atoms with Gasteiger partial charge in [-0.1, -0.05) is 29.8 Å². The second-order valence-corrected chi connectivity index (χ2v) is 8.58. The molecule has 1 aliphatic rings. The number of likely N-dealkylation sites (tertiary alicyclic amines) is 1. The molecule has 0 radical (unpaired) electrons. The van der Waals surface area contributed by atoms with Gasteiger partial charge in [0, 0.05) is 18.2 Å². The van der Waals surface area contributed by atoms with Crippen LogP contribution in [0.2, 0.25) is 0 Å². The summed E-state index contributed by atoms with van der Waals surface area (Å²) in [5.74, 6) is 0.116. The topological polar surface area (TPSA) is 78.7 Å². The maximum atomic E-state index is 14.5. The van der Waals surface area contributed by atoms with Gasteiger partial charge in [0.1, 0.15) is 11.9 Å². The molecule has 32 heavy (non-hydrogen) atoms. The number of benzene rings is 1. The number of hydrogen-bond donors (Lipinski definition) is 2. The molecule has 1 saturated heterocycles. The maximum Gasteiger partial charge on any atom is 0.213 e. The molecule has 2 aromatic heterocycles. The molecule has 6 nitrogen and oxygen atoms in total. The summed E-state index contributed by atoms with van der Waals surface area (Å²) in [6, 6.07) is 11.1. The predicted octanol–water partition coefficient (Wildman–Crippen LogP) is 3.43. The molecule has 0 saturated carbocycles. The maximum absolute atomic E-state index is 14.5. The lowest BCUT2D eigenvalue weighted by Gasteiger charge is -2.35. The van der Waals surface area contributed by atoms with E-state index in [4.69, 9.17) is 4.74 Å². The Balaban J connectivity index is 1.35. The van der Waals surface area contributed by atoms with Gasteiger partial charge in [0.15, 0.2) is 0 Å². The molecular formula is C25H30FN3O3. The van der Waals surface area contributed by atoms with E-state index < -0.39 is 12.2 Å². The van der Waals surface area contributed by atoms with Crippen LogP contribution in [0, 0.1) is 18.7 Å². The summed E-state index contributed by atoms with van der Waals surface area (Å²) in [7, 11) is 1.54. The number of methoxy groups -OCH3 is 1. The number of halogens is 1. The fourth-order valence-electron chi connectivity index (χ4n) is 4.44. The van der Waals surface area contributed by atoms with Gasteiger partial charge in [-0.2, -0.15) is 0 Å². The summed E-state index contributed by atoms with van der Waals surface area (Å²) in [5.41, 5.74) is 3.60. The minimum absolute atomic E-state index is 0.0342. The Bertz CT molecular complexity index is 1050. The van der Waals surface area contributed by atoms with Crippen LogP contribution in [0.15, 0.2) is 42.6 Å². The summed E-state index contributed by atoms with van der Waals surface area (Å²) in [6.45, 7) is 4.28. The molecule has 1 fully saturated rings. The average molecular weight is 440 g/mol. The minimum atomic E-state index is -0.884. The van der Waals surface area contributed by atoms with Crippen molar-refractivity contribution in [3.8, 4) is 5.88 Å². The first-order valence-electron chi connectivity index (χ1n) is 11.1. The highest BCUT2D eigenvalue weighted by molar-refractivity contribution is 5.78. The van der Waals surface area contributed by atoms with Gasteiger partial charge in [0.2, 0.25) is 5.88 Å². The molecule has 4 rings (SSSR count). The first-order valence-corrected chi connectivity index (χ1v) is 11.1. The molecule has 2 atom stereocenters. The first-order chi connectivity index (χ1) is 15.5. The number of rotatable bonds is 7. The zero-order chi connectivity index (χ0) is 22.7. The Morgan fingerprint density at radius 3 is 2.53 bits per heavy atom. The van der Waals surface area contributed by atoms with Crippen molar-refractivity contribution in [1.82, 2.24) is 14.9 Å². The van der Waals surface area contributed by atoms with Crippen LogP contribution < -0.4 is 4.74 Å². The van der Waals surface area contributed by atoms with E-state index in [1.807, 2.05) is 31.2 Å². The molecule has 0 amide bonds. The van der Waals surface area contributed by atoms with Crippen molar-refractivity contribution < 1.29 is 19.3 Å². The molecule has 0 aliphatic carbocycles. The van der Waals surface area contributed by atoms with Crippen molar-refractivity contribution in [2.24, 2.45) is 5.92 Å². The van der Waals surface area contributed by atoms with Crippen LogP contribution in [0.25, 0.3) is 11.0 Å². The standard InChI is InChI=1S/C25H30FN3O3/c1-16-3-5-17(6-4-16)24(30)25(31)18-9-12-29(13-10-18)14-11-19-20(26)15-27-21-7-8-22(32-2)28-23(19)21/h3-8,15,18,24-25,30-31H,9-14H2,1-2H3/t24-,25+/m0/s1. The van der Waals surface area contributed by atoms with Crippen LogP contribution in [0.5, 0.6) is 5.88 Å². The Labute approximate surface area is 187 Å². The van der Waals surface area contributed by atoms with Crippen LogP contribution in [0.1, 0.15) is 35.6 Å². The van der Waals surface area contributed by atoms with E-state index in [9.17, 15) is 14.6 Å². The lowest BCUT2D eigenvalue weighted by Crippen LogP contribution is -2.40. The fraction of sp³-hybridized carbons (Fsp3) is 0.440. The number of ether oxygens (including phenoxy) is 1. The first kappa shape index (κ1) is 22.6. The Hall–Kier alpha value is -2.61. The highest BCUT2D eigenvalue weighted by Crippen LogP contribution is 2.29. The predicted molar refractivity (Wildman–Crippen MR) is 121 cm³/mol. The van der Waals surface area contributed by atoms with Gasteiger partial charge >= 0.3 is 0 Å². The highest BCUT2D eigenvalue weighted by atomic mass is 19.1. The Morgan fingerprint density at radius 2 is 1.84 bits per heavy atom. The quantitative estimate of drug-likeness (QED) is 0.587. The van der Waals surface area contributed by atoms with Crippen molar-refractivity contribution >= 4 is 11.0 Å². The van der Waals surface area contributed by atoms with Gasteiger partial charge in [0.05, 0.1) is 30.4 Å². The van der Waals surface area contributed by atoms with E-state index in [1.54, 1.807) is 12.1 Å². The number of aryl methyl sites for hydroxylation is 1. The SMILES string of the molecule is COc1ccc2ncc(F)c(CCN3CCC([C@@H](O)[C@@H](O)c4ccc(C)cc4)CC3)c2n1. The highest BCUT2D eigenvalue weighted by Gasteiger charge is 2.30. The van der Waals surface area contributed by atoms with Crippen LogP contribution in [-0.2, 0) is 6.42 Å². The Kier molecular flexibility index (Phi) is 6.98. The minimum Gasteiger partial charge on any atom is -0.481 e. The van der Waals surface area contributed by atoms with E-state index >= 15 is 0 Å². The third-order valence-electron chi connectivity index (χ3n) is 6.48. The number of aliphatic hydroxyl groups is 2. The lowest BCUT2D eigenvalue weighted by atomic mass is 9.86. The van der Waals surface area contributed by atoms with E-state index in [0.717, 1.165) is 37.1 Å². The van der Waals surface area contributed by atoms with Crippen molar-refractivity contribution in [3.05, 3.63) is 65.1 Å². The summed E-state index contributed by atoms with van der Waals surface area (Å²) in [5, 5.41) is 21.3. The van der Waals surface area contributed by atoms with Crippen LogP contribution >= 0.6 is 0 Å². The lowest BCUT2D eigenvalue weighted by molar-refractivity contribution is -0.0360. The van der Waals surface area contributed by atoms with E-state index in [0.29, 0.717) is 35.4 Å². The third-order valence-corrected chi connectivity index (χ3v) is 6.48. The van der Waals surface area contributed by atoms with Crippen molar-refractivity contribution in [1.29, 1.82) is 0 Å². The van der Waals surface area contributed by atoms with Gasteiger partial charge in [-0.15, -0.1) is 0 Å². The van der Waals surface area contributed by atoms with Gasteiger partial charge in [-0.3, -0.25) is 4.98 Å². The van der Waals surface area contributed by atoms with Gasteiger partial charge in [-0.05, 0) is 56.8 Å². The number of piperidine rings is 1. The van der Waals surface area contributed by atoms with Crippen LogP contribution in [0.3, 0.4) is 0 Å². The zero-order valence-corrected chi connectivity index (χ0v) is 18.5. The van der Waals surface area contributed by atoms with Crippen molar-refractivity contribution in [3.63, 3.8) is 0 Å². The second-order valence-electron chi connectivity index (χ2n) is 8.58. The van der Waals surface area contributed by atoms with Crippen LogP contribution in [-0.4, -0.2) is 57.9 Å². The molecule has 0 bridgehead atoms. The summed E-state index contributed by atoms with van der Waals surface area (Å²) in [6.07, 6.45) is 1.67. The van der Waals surface area contributed by atoms with E-state index in [2.05, 4.69) is 14.9 Å². The van der Waals surface area contributed by atoms with Crippen molar-refractivity contribution in [2.75, 3.05) is 26.7 Å². The molecule has 0 unspecified atom stereocenters. The molecule has 1 aromatic carbocycles. The molecule has 1 aliphatic heterocycles. The molecule has 0 spiro atoms. The van der Waals surface area contributed by atoms with Gasteiger partial charge in [-0.25, -0.2) is 9.37 Å². The Morgan fingerprint density at radius 1 is 1.12 bits per heavy atom. The normalized spacial score (nSPS) is 17.4. The molecule has 3 aromatic rings. The number of pyridine rings is 2. The number of aliphatic hydroxyl groups excluding tert-OH is 2. The van der Waals surface area contributed by atoms with Crippen LogP contribution in [0.4, 0.5) is 4.39 Å². The van der Waals surface area contributed by atoms with Gasteiger partial charge < -0.3 is 19.8 Å². The molecular weight excluding hydrogens is 409 g/mol. The summed E-state index contributed by atoms with van der Waals surface area (Å²) >= 11 is 0. The summed E-state index contributed by atoms with van der Waals surface area (Å²) in [4.78, 5) is 10.8. The van der Waals surface area contributed by atoms with E-state index in [-0.39, 0.29) is 11.7 Å². The number of nitrogens with zero attached hydrogens (tertiary/aromatic N) is 3. The molecule has 3 heterocycles. The van der Waals surface area contributed by atoms with E-state index in [1.165, 1.54) is 13.3 Å². The average Bonchev–Trinajstić information content (AvgIpc) is 2.83. The fourth-order valence-corrected chi connectivity index (χ4v) is 4.44. The monoisotopic (exact) mass is 439 g/mol. The smallest absolute Gasteiger partial charge is 0.213 e. The summed E-state index contributed by atoms with van der Waals surface area (Å²) < 4.78 is 19.7. The molecule has 170 valence electrons. The third kappa shape index (κ3) is 4.90. The second kappa shape index (κ2) is 9.90. The largest absolute Gasteiger partial charge is 0.481 e. The zero-order valence-electron chi connectivity index (χ0n) is 18.5. The number of hydrogen-bond acceptors (Lipinski definition) is 6. The number of fused-ring (bicyclic) bond motifs is 1. The molecule has 7 heteroatoms.